The van der Waals surface area contributed by atoms with Gasteiger partial charge in [-0.05, 0) is 49.8 Å². The topological polar surface area (TPSA) is 93.6 Å². The Morgan fingerprint density at radius 3 is 2.72 bits per heavy atom. The van der Waals surface area contributed by atoms with Gasteiger partial charge >= 0.3 is 0 Å². The number of primary sulfonamides is 1. The molecule has 1 unspecified atom stereocenters. The number of likely N-dealkylation sites (tertiary alicyclic amines) is 1. The third-order valence-corrected chi connectivity index (χ3v) is 6.01. The standard InChI is InChI=1S/C18H24N2O4S/c1-11-6-12(2)17-15(9-24-18(17)13(11)3)7-16(21)20-5-4-14(8-20)10-25(19,22)23/h6,9,14H,4-5,7-8,10H2,1-3H3,(H2,19,22,23). The van der Waals surface area contributed by atoms with E-state index in [2.05, 4.69) is 6.07 Å². The lowest BCUT2D eigenvalue weighted by molar-refractivity contribution is -0.129. The summed E-state index contributed by atoms with van der Waals surface area (Å²) < 4.78 is 28.2. The number of nitrogens with zero attached hydrogens (tertiary/aromatic N) is 1. The number of rotatable bonds is 4. The molecular weight excluding hydrogens is 340 g/mol. The Balaban J connectivity index is 1.76. The maximum Gasteiger partial charge on any atom is 0.227 e. The minimum atomic E-state index is -3.50. The van der Waals surface area contributed by atoms with Crippen LogP contribution < -0.4 is 5.14 Å². The van der Waals surface area contributed by atoms with Crippen molar-refractivity contribution in [3.8, 4) is 0 Å². The summed E-state index contributed by atoms with van der Waals surface area (Å²) in [6.45, 7) is 7.11. The molecule has 0 bridgehead atoms. The molecule has 2 aromatic rings. The summed E-state index contributed by atoms with van der Waals surface area (Å²) in [5, 5.41) is 6.12. The van der Waals surface area contributed by atoms with Crippen LogP contribution in [0.4, 0.5) is 0 Å². The summed E-state index contributed by atoms with van der Waals surface area (Å²) in [4.78, 5) is 14.4. The van der Waals surface area contributed by atoms with Gasteiger partial charge < -0.3 is 9.32 Å². The van der Waals surface area contributed by atoms with Crippen LogP contribution >= 0.6 is 0 Å². The van der Waals surface area contributed by atoms with E-state index < -0.39 is 10.0 Å². The average molecular weight is 364 g/mol. The number of hydrogen-bond acceptors (Lipinski definition) is 4. The molecule has 1 saturated heterocycles. The van der Waals surface area contributed by atoms with Crippen LogP contribution in [0.2, 0.25) is 0 Å². The molecule has 0 spiro atoms. The van der Waals surface area contributed by atoms with Crippen LogP contribution in [0.1, 0.15) is 28.7 Å². The Bertz CT molecular complexity index is 930. The van der Waals surface area contributed by atoms with Crippen LogP contribution in [0.5, 0.6) is 0 Å². The Morgan fingerprint density at radius 2 is 2.04 bits per heavy atom. The van der Waals surface area contributed by atoms with Gasteiger partial charge in [-0.2, -0.15) is 0 Å². The summed E-state index contributed by atoms with van der Waals surface area (Å²) in [7, 11) is -3.50. The molecule has 1 aromatic carbocycles. The van der Waals surface area contributed by atoms with E-state index in [4.69, 9.17) is 9.56 Å². The number of amides is 1. The molecule has 7 heteroatoms. The highest BCUT2D eigenvalue weighted by molar-refractivity contribution is 7.89. The zero-order valence-corrected chi connectivity index (χ0v) is 15.6. The minimum Gasteiger partial charge on any atom is -0.464 e. The molecule has 2 N–H and O–H groups in total. The van der Waals surface area contributed by atoms with E-state index in [1.807, 2.05) is 20.8 Å². The van der Waals surface area contributed by atoms with Gasteiger partial charge in [0.2, 0.25) is 15.9 Å². The molecular formula is C18H24N2O4S. The highest BCUT2D eigenvalue weighted by Gasteiger charge is 2.29. The van der Waals surface area contributed by atoms with Crippen LogP contribution in [0.3, 0.4) is 0 Å². The van der Waals surface area contributed by atoms with Crippen LogP contribution in [0, 0.1) is 26.7 Å². The predicted molar refractivity (Wildman–Crippen MR) is 96.8 cm³/mol. The van der Waals surface area contributed by atoms with Crippen molar-refractivity contribution in [1.82, 2.24) is 4.90 Å². The quantitative estimate of drug-likeness (QED) is 0.898. The molecule has 1 aromatic heterocycles. The van der Waals surface area contributed by atoms with Gasteiger partial charge in [0.25, 0.3) is 0 Å². The molecule has 1 atom stereocenters. The number of carbonyl (C=O) groups excluding carboxylic acids is 1. The number of fused-ring (bicyclic) bond motifs is 1. The first-order chi connectivity index (χ1) is 11.7. The molecule has 2 heterocycles. The van der Waals surface area contributed by atoms with Gasteiger partial charge in [-0.25, -0.2) is 13.6 Å². The lowest BCUT2D eigenvalue weighted by Crippen LogP contribution is -2.31. The maximum atomic E-state index is 12.6. The van der Waals surface area contributed by atoms with Crippen LogP contribution in [-0.4, -0.2) is 38.1 Å². The lowest BCUT2D eigenvalue weighted by Gasteiger charge is -2.16. The maximum absolute atomic E-state index is 12.6. The number of furan rings is 1. The fourth-order valence-electron chi connectivity index (χ4n) is 3.71. The summed E-state index contributed by atoms with van der Waals surface area (Å²) in [5.41, 5.74) is 5.09. The van der Waals surface area contributed by atoms with Crippen molar-refractivity contribution in [2.75, 3.05) is 18.8 Å². The number of sulfonamides is 1. The number of nitrogens with two attached hydrogens (primary N) is 1. The SMILES string of the molecule is Cc1cc(C)c2c(CC(=O)N3CCC(CS(N)(=O)=O)C3)coc2c1C. The van der Waals surface area contributed by atoms with Gasteiger partial charge in [0.15, 0.2) is 0 Å². The first-order valence-electron chi connectivity index (χ1n) is 8.41. The molecule has 0 radical (unpaired) electrons. The third-order valence-electron chi connectivity index (χ3n) is 5.07. The molecule has 136 valence electrons. The van der Waals surface area contributed by atoms with Gasteiger partial charge in [0, 0.05) is 24.0 Å². The van der Waals surface area contributed by atoms with E-state index >= 15 is 0 Å². The predicted octanol–water partition coefficient (Wildman–Crippen LogP) is 2.04. The van der Waals surface area contributed by atoms with Crippen molar-refractivity contribution < 1.29 is 17.6 Å². The fourth-order valence-corrected chi connectivity index (χ4v) is 4.64. The molecule has 3 rings (SSSR count). The van der Waals surface area contributed by atoms with Gasteiger partial charge in [-0.3, -0.25) is 4.79 Å². The van der Waals surface area contributed by atoms with Crippen molar-refractivity contribution >= 4 is 26.9 Å². The Morgan fingerprint density at radius 1 is 1.32 bits per heavy atom. The molecule has 1 amide bonds. The summed E-state index contributed by atoms with van der Waals surface area (Å²) >= 11 is 0. The van der Waals surface area contributed by atoms with Crippen LogP contribution in [0.15, 0.2) is 16.7 Å². The highest BCUT2D eigenvalue weighted by Crippen LogP contribution is 2.30. The number of aryl methyl sites for hydroxylation is 3. The van der Waals surface area contributed by atoms with Crippen molar-refractivity contribution in [3.05, 3.63) is 34.6 Å². The molecule has 25 heavy (non-hydrogen) atoms. The zero-order valence-electron chi connectivity index (χ0n) is 14.8. The van der Waals surface area contributed by atoms with Crippen molar-refractivity contribution in [2.45, 2.75) is 33.6 Å². The number of hydrogen-bond donors (Lipinski definition) is 1. The van der Waals surface area contributed by atoms with Crippen molar-refractivity contribution in [1.29, 1.82) is 0 Å². The smallest absolute Gasteiger partial charge is 0.227 e. The van der Waals surface area contributed by atoms with Gasteiger partial charge in [0.05, 0.1) is 18.4 Å². The first-order valence-corrected chi connectivity index (χ1v) is 10.1. The molecule has 1 fully saturated rings. The second-order valence-electron chi connectivity index (χ2n) is 7.10. The molecule has 1 aliphatic rings. The second kappa shape index (κ2) is 6.46. The van der Waals surface area contributed by atoms with E-state index in [1.54, 1.807) is 11.2 Å². The highest BCUT2D eigenvalue weighted by atomic mass is 32.2. The molecule has 1 aliphatic heterocycles. The summed E-state index contributed by atoms with van der Waals surface area (Å²) in [5.74, 6) is -0.146. The largest absolute Gasteiger partial charge is 0.464 e. The van der Waals surface area contributed by atoms with Crippen LogP contribution in [0.25, 0.3) is 11.0 Å². The Kier molecular flexibility index (Phi) is 4.64. The van der Waals surface area contributed by atoms with E-state index in [0.29, 0.717) is 19.5 Å². The molecule has 0 aliphatic carbocycles. The van der Waals surface area contributed by atoms with Crippen molar-refractivity contribution in [2.24, 2.45) is 11.1 Å². The third kappa shape index (κ3) is 3.72. The van der Waals surface area contributed by atoms with Gasteiger partial charge in [0.1, 0.15) is 5.58 Å². The fraction of sp³-hybridized carbons (Fsp3) is 0.500. The van der Waals surface area contributed by atoms with E-state index in [-0.39, 0.29) is 24.0 Å². The van der Waals surface area contributed by atoms with Gasteiger partial charge in [-0.1, -0.05) is 6.07 Å². The van der Waals surface area contributed by atoms with Gasteiger partial charge in [-0.15, -0.1) is 0 Å². The minimum absolute atomic E-state index is 0.00255. The monoisotopic (exact) mass is 364 g/mol. The van der Waals surface area contributed by atoms with E-state index in [0.717, 1.165) is 27.7 Å². The van der Waals surface area contributed by atoms with E-state index in [1.165, 1.54) is 5.56 Å². The summed E-state index contributed by atoms with van der Waals surface area (Å²) in [6.07, 6.45) is 2.60. The average Bonchev–Trinajstić information content (AvgIpc) is 3.10. The summed E-state index contributed by atoms with van der Waals surface area (Å²) in [6, 6.07) is 2.11. The van der Waals surface area contributed by atoms with E-state index in [9.17, 15) is 13.2 Å². The molecule has 0 saturated carbocycles. The van der Waals surface area contributed by atoms with Crippen LogP contribution in [-0.2, 0) is 21.2 Å². The Labute approximate surface area is 148 Å². The number of carbonyl (C=O) groups is 1. The molecule has 6 nitrogen and oxygen atoms in total. The first kappa shape index (κ1) is 17.9. The second-order valence-corrected chi connectivity index (χ2v) is 8.76. The zero-order chi connectivity index (χ0) is 18.4. The lowest BCUT2D eigenvalue weighted by atomic mass is 9.99. The van der Waals surface area contributed by atoms with Crippen molar-refractivity contribution in [3.63, 3.8) is 0 Å². The Hall–Kier alpha value is -1.86. The number of benzene rings is 1. The normalized spacial score (nSPS) is 18.2.